The van der Waals surface area contributed by atoms with Gasteiger partial charge in [0.15, 0.2) is 7.14 Å². The van der Waals surface area contributed by atoms with E-state index >= 15 is 0 Å². The van der Waals surface area contributed by atoms with Gasteiger partial charge in [-0.3, -0.25) is 0 Å². The zero-order valence-corrected chi connectivity index (χ0v) is 16.1. The Morgan fingerprint density at radius 2 is 1.17 bits per heavy atom. The number of carbonyl (C=O) groups excluding carboxylic acids is 1. The van der Waals surface area contributed by atoms with Gasteiger partial charge in [-0.2, -0.15) is 0 Å². The molecule has 0 fully saturated rings. The Morgan fingerprint density at radius 3 is 1.62 bits per heavy atom. The molecule has 3 aromatic rings. The molecule has 0 heterocycles. The molecule has 0 aromatic heterocycles. The molecule has 0 spiro atoms. The number of carboxylic acids is 1. The van der Waals surface area contributed by atoms with Crippen molar-refractivity contribution in [3.05, 3.63) is 90.5 Å². The number of carboxylic acid groups (broad SMARTS) is 1. The molecule has 0 N–H and O–H groups in total. The van der Waals surface area contributed by atoms with Crippen molar-refractivity contribution < 1.29 is 44.0 Å². The second kappa shape index (κ2) is 7.96. The molecule has 0 unspecified atom stereocenters. The molecule has 3 aromatic carbocycles. The Balaban J connectivity index is 0.00000208. The Labute approximate surface area is 163 Å². The summed E-state index contributed by atoms with van der Waals surface area (Å²) in [6.45, 7) is 0. The van der Waals surface area contributed by atoms with E-state index in [1.807, 2.05) is 36.4 Å². The molecule has 0 saturated heterocycles. The van der Waals surface area contributed by atoms with E-state index in [0.29, 0.717) is 15.9 Å². The second-order valence-electron chi connectivity index (χ2n) is 5.12. The normalized spacial score (nSPS) is 10.7. The summed E-state index contributed by atoms with van der Waals surface area (Å²) in [4.78, 5) is 11.2. The number of aromatic carboxylic acids is 1. The third kappa shape index (κ3) is 3.55. The Bertz CT molecular complexity index is 836. The van der Waals surface area contributed by atoms with E-state index in [2.05, 4.69) is 0 Å². The molecule has 0 aliphatic rings. The number of rotatable bonds is 4. The fraction of sp³-hybridized carbons (Fsp3) is 0. The van der Waals surface area contributed by atoms with Gasteiger partial charge in [0.1, 0.15) is 0 Å². The number of hydrogen-bond acceptors (Lipinski definition) is 3. The zero-order valence-electron chi connectivity index (χ0n) is 13.3. The average Bonchev–Trinajstić information content (AvgIpc) is 2.62. The quantitative estimate of drug-likeness (QED) is 0.436. The van der Waals surface area contributed by atoms with Crippen molar-refractivity contribution in [2.75, 3.05) is 0 Å². The number of benzene rings is 3. The van der Waals surface area contributed by atoms with Crippen LogP contribution in [0.3, 0.4) is 0 Å². The minimum absolute atomic E-state index is 0. The minimum atomic E-state index is -3.13. The summed E-state index contributed by atoms with van der Waals surface area (Å²) in [6, 6.07) is 24.4. The molecule has 3 rings (SSSR count). The zero-order chi connectivity index (χ0) is 16.3. The van der Waals surface area contributed by atoms with Gasteiger partial charge in [0.05, 0.1) is 5.97 Å². The molecule has 0 bridgehead atoms. The van der Waals surface area contributed by atoms with Gasteiger partial charge in [-0.1, -0.05) is 78.9 Å². The third-order valence-electron chi connectivity index (χ3n) is 3.69. The Hall–Kier alpha value is -1.64. The van der Waals surface area contributed by atoms with Crippen molar-refractivity contribution in [3.63, 3.8) is 0 Å². The second-order valence-corrected chi connectivity index (χ2v) is 7.89. The van der Waals surface area contributed by atoms with E-state index in [1.54, 1.807) is 36.4 Å². The summed E-state index contributed by atoms with van der Waals surface area (Å²) >= 11 is 0. The summed E-state index contributed by atoms with van der Waals surface area (Å²) in [5.41, 5.74) is 0.0228. The fourth-order valence-corrected chi connectivity index (χ4v) is 5.25. The van der Waals surface area contributed by atoms with Crippen molar-refractivity contribution in [2.45, 2.75) is 0 Å². The first-order valence-electron chi connectivity index (χ1n) is 7.15. The molecule has 0 radical (unpaired) electrons. The molecule has 0 atom stereocenters. The van der Waals surface area contributed by atoms with Crippen LogP contribution in [0.4, 0.5) is 0 Å². The maximum atomic E-state index is 14.0. The van der Waals surface area contributed by atoms with Crippen molar-refractivity contribution in [1.82, 2.24) is 0 Å². The first kappa shape index (κ1) is 18.7. The molecular formula is C19H14NaO3P. The monoisotopic (exact) mass is 344 g/mol. The molecule has 0 aliphatic heterocycles. The van der Waals surface area contributed by atoms with Gasteiger partial charge in [-0.25, -0.2) is 0 Å². The number of carbonyl (C=O) groups is 1. The van der Waals surface area contributed by atoms with Crippen molar-refractivity contribution in [3.8, 4) is 0 Å². The van der Waals surface area contributed by atoms with E-state index in [9.17, 15) is 14.5 Å². The largest absolute Gasteiger partial charge is 1.00 e. The van der Waals surface area contributed by atoms with Crippen molar-refractivity contribution in [2.24, 2.45) is 0 Å². The van der Waals surface area contributed by atoms with Gasteiger partial charge in [0.25, 0.3) is 0 Å². The smallest absolute Gasteiger partial charge is 0.545 e. The van der Waals surface area contributed by atoms with E-state index in [0.717, 1.165) is 0 Å². The fourth-order valence-electron chi connectivity index (χ4n) is 2.55. The van der Waals surface area contributed by atoms with Crippen LogP contribution in [0.1, 0.15) is 10.4 Å². The molecule has 0 aliphatic carbocycles. The van der Waals surface area contributed by atoms with Crippen LogP contribution in [0.5, 0.6) is 0 Å². The SMILES string of the molecule is O=C([O-])c1cccc(P(=O)(c2ccccc2)c2ccccc2)c1.[Na+]. The topological polar surface area (TPSA) is 57.2 Å². The van der Waals surface area contributed by atoms with Crippen molar-refractivity contribution >= 4 is 29.0 Å². The molecule has 24 heavy (non-hydrogen) atoms. The summed E-state index contributed by atoms with van der Waals surface area (Å²) in [6.07, 6.45) is 0. The predicted molar refractivity (Wildman–Crippen MR) is 90.2 cm³/mol. The van der Waals surface area contributed by atoms with Crippen LogP contribution >= 0.6 is 7.14 Å². The summed E-state index contributed by atoms with van der Waals surface area (Å²) in [7, 11) is -3.13. The van der Waals surface area contributed by atoms with Crippen LogP contribution in [-0.2, 0) is 4.57 Å². The van der Waals surface area contributed by atoms with Crippen molar-refractivity contribution in [1.29, 1.82) is 0 Å². The first-order chi connectivity index (χ1) is 11.1. The van der Waals surface area contributed by atoms with Crippen LogP contribution in [0.2, 0.25) is 0 Å². The van der Waals surface area contributed by atoms with Gasteiger partial charge in [-0.05, 0) is 11.6 Å². The summed E-state index contributed by atoms with van der Waals surface area (Å²) in [5, 5.41) is 13.0. The van der Waals surface area contributed by atoms with E-state index < -0.39 is 13.1 Å². The first-order valence-corrected chi connectivity index (χ1v) is 8.86. The molecule has 114 valence electrons. The van der Waals surface area contributed by atoms with Gasteiger partial charge in [-0.15, -0.1) is 0 Å². The van der Waals surface area contributed by atoms with Crippen LogP contribution in [0.25, 0.3) is 0 Å². The van der Waals surface area contributed by atoms with Crippen LogP contribution < -0.4 is 50.6 Å². The molecule has 3 nitrogen and oxygen atoms in total. The molecule has 0 amide bonds. The molecule has 0 saturated carbocycles. The van der Waals surface area contributed by atoms with Gasteiger partial charge in [0, 0.05) is 15.9 Å². The summed E-state index contributed by atoms with van der Waals surface area (Å²) in [5.74, 6) is -1.28. The molecular weight excluding hydrogens is 330 g/mol. The van der Waals surface area contributed by atoms with Crippen LogP contribution in [-0.4, -0.2) is 5.97 Å². The van der Waals surface area contributed by atoms with E-state index in [4.69, 9.17) is 0 Å². The van der Waals surface area contributed by atoms with Gasteiger partial charge < -0.3 is 14.5 Å². The minimum Gasteiger partial charge on any atom is -0.545 e. The maximum Gasteiger partial charge on any atom is 1.00 e. The van der Waals surface area contributed by atoms with Crippen LogP contribution in [0.15, 0.2) is 84.9 Å². The van der Waals surface area contributed by atoms with Gasteiger partial charge in [0.2, 0.25) is 0 Å². The van der Waals surface area contributed by atoms with Crippen LogP contribution in [0, 0.1) is 0 Å². The third-order valence-corrected chi connectivity index (χ3v) is 6.74. The maximum absolute atomic E-state index is 14.0. The van der Waals surface area contributed by atoms with E-state index in [1.165, 1.54) is 12.1 Å². The Morgan fingerprint density at radius 1 is 0.708 bits per heavy atom. The standard InChI is InChI=1S/C19H15O3P.Na/c20-19(21)15-8-7-13-18(14-15)23(22,16-9-3-1-4-10-16)17-11-5-2-6-12-17;/h1-14H,(H,20,21);/q;+1/p-1. The Kier molecular flexibility index (Phi) is 6.20. The van der Waals surface area contributed by atoms with Gasteiger partial charge >= 0.3 is 29.6 Å². The number of hydrogen-bond donors (Lipinski definition) is 0. The average molecular weight is 344 g/mol. The summed E-state index contributed by atoms with van der Waals surface area (Å²) < 4.78 is 14.0. The molecule has 5 heteroatoms. The van der Waals surface area contributed by atoms with E-state index in [-0.39, 0.29) is 35.1 Å². The predicted octanol–water partition coefficient (Wildman–Crippen LogP) is -1.31.